The smallest absolute Gasteiger partial charge is 0.262 e. The SMILES string of the molecule is Cc1ccc(NC(C)C(=O)NN=Cc2ccccc2F)cc1. The van der Waals surface area contributed by atoms with Gasteiger partial charge in [0.1, 0.15) is 11.9 Å². The summed E-state index contributed by atoms with van der Waals surface area (Å²) >= 11 is 0. The minimum absolute atomic E-state index is 0.298. The molecule has 114 valence electrons. The Labute approximate surface area is 129 Å². The van der Waals surface area contributed by atoms with Gasteiger partial charge < -0.3 is 5.32 Å². The largest absolute Gasteiger partial charge is 0.374 e. The summed E-state index contributed by atoms with van der Waals surface area (Å²) in [6.07, 6.45) is 1.28. The number of carbonyl (C=O) groups is 1. The summed E-state index contributed by atoms with van der Waals surface area (Å²) in [4.78, 5) is 11.9. The molecule has 0 saturated heterocycles. The third-order valence-electron chi connectivity index (χ3n) is 3.11. The lowest BCUT2D eigenvalue weighted by Gasteiger charge is -2.13. The van der Waals surface area contributed by atoms with E-state index in [4.69, 9.17) is 0 Å². The first kappa shape index (κ1) is 15.7. The topological polar surface area (TPSA) is 53.5 Å². The molecule has 0 aliphatic carbocycles. The van der Waals surface area contributed by atoms with Gasteiger partial charge in [0.2, 0.25) is 0 Å². The summed E-state index contributed by atoms with van der Waals surface area (Å²) in [6, 6.07) is 13.5. The highest BCUT2D eigenvalue weighted by atomic mass is 19.1. The lowest BCUT2D eigenvalue weighted by atomic mass is 10.2. The summed E-state index contributed by atoms with van der Waals surface area (Å²) in [5.41, 5.74) is 4.72. The Morgan fingerprint density at radius 1 is 1.18 bits per heavy atom. The molecule has 0 heterocycles. The maximum atomic E-state index is 13.4. The van der Waals surface area contributed by atoms with Crippen LogP contribution in [0.2, 0.25) is 0 Å². The summed E-state index contributed by atoms with van der Waals surface area (Å²) < 4.78 is 13.4. The van der Waals surface area contributed by atoms with Gasteiger partial charge in [0, 0.05) is 11.3 Å². The van der Waals surface area contributed by atoms with Crippen molar-refractivity contribution >= 4 is 17.8 Å². The number of hydrazone groups is 1. The fourth-order valence-corrected chi connectivity index (χ4v) is 1.81. The van der Waals surface area contributed by atoms with Crippen molar-refractivity contribution in [1.29, 1.82) is 0 Å². The molecule has 2 N–H and O–H groups in total. The van der Waals surface area contributed by atoms with Crippen molar-refractivity contribution in [2.45, 2.75) is 19.9 Å². The van der Waals surface area contributed by atoms with E-state index in [0.29, 0.717) is 5.56 Å². The van der Waals surface area contributed by atoms with Crippen molar-refractivity contribution in [1.82, 2.24) is 5.43 Å². The van der Waals surface area contributed by atoms with Gasteiger partial charge in [-0.3, -0.25) is 4.79 Å². The quantitative estimate of drug-likeness (QED) is 0.658. The second-order valence-corrected chi connectivity index (χ2v) is 4.99. The standard InChI is InChI=1S/C17H18FN3O/c1-12-7-9-15(10-8-12)20-13(2)17(22)21-19-11-14-5-3-4-6-16(14)18/h3-11,13,20H,1-2H3,(H,21,22). The van der Waals surface area contributed by atoms with Crippen LogP contribution < -0.4 is 10.7 Å². The van der Waals surface area contributed by atoms with E-state index < -0.39 is 6.04 Å². The lowest BCUT2D eigenvalue weighted by Crippen LogP contribution is -2.34. The predicted molar refractivity (Wildman–Crippen MR) is 86.4 cm³/mol. The van der Waals surface area contributed by atoms with Crippen LogP contribution in [0.15, 0.2) is 53.6 Å². The minimum atomic E-state index is -0.458. The summed E-state index contributed by atoms with van der Waals surface area (Å²) in [5.74, 6) is -0.681. The molecule has 2 aromatic rings. The van der Waals surface area contributed by atoms with Crippen molar-refractivity contribution in [3.05, 3.63) is 65.5 Å². The molecule has 0 saturated carbocycles. The van der Waals surface area contributed by atoms with Crippen molar-refractivity contribution < 1.29 is 9.18 Å². The summed E-state index contributed by atoms with van der Waals surface area (Å²) in [7, 11) is 0. The minimum Gasteiger partial charge on any atom is -0.374 e. The number of aryl methyl sites for hydroxylation is 1. The first-order chi connectivity index (χ1) is 10.6. The van der Waals surface area contributed by atoms with Crippen LogP contribution >= 0.6 is 0 Å². The Bertz CT molecular complexity index is 668. The van der Waals surface area contributed by atoms with Crippen LogP contribution in [-0.4, -0.2) is 18.2 Å². The fourth-order valence-electron chi connectivity index (χ4n) is 1.81. The molecule has 0 spiro atoms. The first-order valence-corrected chi connectivity index (χ1v) is 6.97. The average Bonchev–Trinajstić information content (AvgIpc) is 2.51. The molecular weight excluding hydrogens is 281 g/mol. The number of benzene rings is 2. The Balaban J connectivity index is 1.89. The van der Waals surface area contributed by atoms with Crippen LogP contribution in [0.25, 0.3) is 0 Å². The van der Waals surface area contributed by atoms with Crippen LogP contribution in [0, 0.1) is 12.7 Å². The highest BCUT2D eigenvalue weighted by Gasteiger charge is 2.11. The molecule has 5 heteroatoms. The molecule has 0 aromatic heterocycles. The van der Waals surface area contributed by atoms with E-state index >= 15 is 0 Å². The van der Waals surface area contributed by atoms with Crippen molar-refractivity contribution in [2.24, 2.45) is 5.10 Å². The number of hydrogen-bond acceptors (Lipinski definition) is 3. The molecule has 0 fully saturated rings. The van der Waals surface area contributed by atoms with E-state index in [1.165, 1.54) is 12.3 Å². The highest BCUT2D eigenvalue weighted by Crippen LogP contribution is 2.10. The molecule has 1 amide bonds. The van der Waals surface area contributed by atoms with Crippen LogP contribution in [0.5, 0.6) is 0 Å². The van der Waals surface area contributed by atoms with E-state index in [1.54, 1.807) is 25.1 Å². The molecule has 1 unspecified atom stereocenters. The van der Waals surface area contributed by atoms with Gasteiger partial charge in [-0.1, -0.05) is 35.9 Å². The van der Waals surface area contributed by atoms with Gasteiger partial charge >= 0.3 is 0 Å². The third-order valence-corrected chi connectivity index (χ3v) is 3.11. The molecule has 1 atom stereocenters. The van der Waals surface area contributed by atoms with Gasteiger partial charge in [0.25, 0.3) is 5.91 Å². The molecule has 2 rings (SSSR count). The van der Waals surface area contributed by atoms with Crippen molar-refractivity contribution in [3.8, 4) is 0 Å². The van der Waals surface area contributed by atoms with Gasteiger partial charge in [-0.2, -0.15) is 5.10 Å². The Morgan fingerprint density at radius 2 is 1.86 bits per heavy atom. The highest BCUT2D eigenvalue weighted by molar-refractivity contribution is 5.86. The number of nitrogens with zero attached hydrogens (tertiary/aromatic N) is 1. The number of hydrogen-bond donors (Lipinski definition) is 2. The van der Waals surface area contributed by atoms with Crippen LogP contribution in [-0.2, 0) is 4.79 Å². The second kappa shape index (κ2) is 7.36. The number of anilines is 1. The number of nitrogens with one attached hydrogen (secondary N) is 2. The number of rotatable bonds is 5. The molecule has 0 radical (unpaired) electrons. The molecule has 0 aliphatic rings. The van der Waals surface area contributed by atoms with Crippen molar-refractivity contribution in [3.63, 3.8) is 0 Å². The summed E-state index contributed by atoms with van der Waals surface area (Å²) in [6.45, 7) is 3.73. The third kappa shape index (κ3) is 4.41. The van der Waals surface area contributed by atoms with E-state index in [0.717, 1.165) is 11.3 Å². The zero-order chi connectivity index (χ0) is 15.9. The predicted octanol–water partition coefficient (Wildman–Crippen LogP) is 3.08. The Morgan fingerprint density at radius 3 is 2.55 bits per heavy atom. The maximum Gasteiger partial charge on any atom is 0.262 e. The van der Waals surface area contributed by atoms with Crippen LogP contribution in [0.3, 0.4) is 0 Å². The average molecular weight is 299 g/mol. The summed E-state index contributed by atoms with van der Waals surface area (Å²) in [5, 5.41) is 6.84. The molecular formula is C17H18FN3O. The number of halogens is 1. The lowest BCUT2D eigenvalue weighted by molar-refractivity contribution is -0.121. The normalized spacial score (nSPS) is 12.1. The van der Waals surface area contributed by atoms with Gasteiger partial charge in [0.15, 0.2) is 0 Å². The van der Waals surface area contributed by atoms with Gasteiger partial charge in [0.05, 0.1) is 6.21 Å². The monoisotopic (exact) mass is 299 g/mol. The molecule has 2 aromatic carbocycles. The van der Waals surface area contributed by atoms with Gasteiger partial charge in [-0.15, -0.1) is 0 Å². The van der Waals surface area contributed by atoms with E-state index in [-0.39, 0.29) is 11.7 Å². The van der Waals surface area contributed by atoms with Crippen molar-refractivity contribution in [2.75, 3.05) is 5.32 Å². The van der Waals surface area contributed by atoms with E-state index in [9.17, 15) is 9.18 Å². The first-order valence-electron chi connectivity index (χ1n) is 6.97. The number of amides is 1. The van der Waals surface area contributed by atoms with E-state index in [1.807, 2.05) is 31.2 Å². The molecule has 4 nitrogen and oxygen atoms in total. The van der Waals surface area contributed by atoms with Crippen LogP contribution in [0.1, 0.15) is 18.1 Å². The van der Waals surface area contributed by atoms with Gasteiger partial charge in [-0.05, 0) is 32.0 Å². The molecule has 0 bridgehead atoms. The van der Waals surface area contributed by atoms with Gasteiger partial charge in [-0.25, -0.2) is 9.82 Å². The Kier molecular flexibility index (Phi) is 5.25. The zero-order valence-corrected chi connectivity index (χ0v) is 12.5. The van der Waals surface area contributed by atoms with Crippen LogP contribution in [0.4, 0.5) is 10.1 Å². The maximum absolute atomic E-state index is 13.4. The van der Waals surface area contributed by atoms with E-state index in [2.05, 4.69) is 15.8 Å². The Hall–Kier alpha value is -2.69. The molecule has 22 heavy (non-hydrogen) atoms. The molecule has 0 aliphatic heterocycles. The zero-order valence-electron chi connectivity index (χ0n) is 12.5. The second-order valence-electron chi connectivity index (χ2n) is 4.99. The number of carbonyl (C=O) groups excluding carboxylic acids is 1. The fraction of sp³-hybridized carbons (Fsp3) is 0.176.